The van der Waals surface area contributed by atoms with Crippen LogP contribution in [0.1, 0.15) is 42.4 Å². The molecule has 144 valence electrons. The van der Waals surface area contributed by atoms with E-state index in [1.807, 2.05) is 6.20 Å². The van der Waals surface area contributed by atoms with Gasteiger partial charge in [0.25, 0.3) is 0 Å². The molecule has 0 spiro atoms. The normalized spacial score (nSPS) is 21.8. The maximum Gasteiger partial charge on any atom is 0.243 e. The van der Waals surface area contributed by atoms with Gasteiger partial charge in [-0.05, 0) is 44.2 Å². The monoisotopic (exact) mass is 390 g/mol. The second kappa shape index (κ2) is 7.26. The van der Waals surface area contributed by atoms with Gasteiger partial charge >= 0.3 is 0 Å². The molecule has 0 amide bonds. The van der Waals surface area contributed by atoms with Crippen molar-refractivity contribution < 1.29 is 12.8 Å². The van der Waals surface area contributed by atoms with Gasteiger partial charge in [0.2, 0.25) is 10.0 Å². The minimum absolute atomic E-state index is 0.107. The predicted octanol–water partition coefficient (Wildman–Crippen LogP) is 2.52. The molecule has 0 radical (unpaired) electrons. The summed E-state index contributed by atoms with van der Waals surface area (Å²) in [5.74, 6) is 0.121. The molecular formula is C19H23FN4O2S. The number of halogens is 1. The smallest absolute Gasteiger partial charge is 0.243 e. The van der Waals surface area contributed by atoms with Crippen LogP contribution < -0.4 is 0 Å². The van der Waals surface area contributed by atoms with Crippen LogP contribution in [-0.4, -0.2) is 47.7 Å². The molecule has 4 rings (SSSR count). The first kappa shape index (κ1) is 18.5. The second-order valence-electron chi connectivity index (χ2n) is 7.27. The Morgan fingerprint density at radius 3 is 2.70 bits per heavy atom. The molecule has 0 aliphatic carbocycles. The summed E-state index contributed by atoms with van der Waals surface area (Å²) in [6.45, 7) is 2.18. The summed E-state index contributed by atoms with van der Waals surface area (Å²) < 4.78 is 41.0. The fourth-order valence-corrected chi connectivity index (χ4v) is 5.48. The zero-order chi connectivity index (χ0) is 19.0. The van der Waals surface area contributed by atoms with Crippen LogP contribution in [0.25, 0.3) is 0 Å². The third kappa shape index (κ3) is 3.61. The Labute approximate surface area is 159 Å². The zero-order valence-corrected chi connectivity index (χ0v) is 16.1. The lowest BCUT2D eigenvalue weighted by Gasteiger charge is -2.34. The van der Waals surface area contributed by atoms with E-state index < -0.39 is 15.8 Å². The molecule has 1 aromatic heterocycles. The highest BCUT2D eigenvalue weighted by Crippen LogP contribution is 2.34. The van der Waals surface area contributed by atoms with E-state index in [2.05, 4.69) is 16.9 Å². The number of piperidine rings is 1. The Morgan fingerprint density at radius 2 is 1.93 bits per heavy atom. The van der Waals surface area contributed by atoms with E-state index in [-0.39, 0.29) is 10.9 Å². The van der Waals surface area contributed by atoms with Gasteiger partial charge in [-0.3, -0.25) is 0 Å². The highest BCUT2D eigenvalue weighted by atomic mass is 32.2. The van der Waals surface area contributed by atoms with Crippen molar-refractivity contribution in [2.45, 2.75) is 43.2 Å². The molecule has 0 N–H and O–H groups in total. The first-order chi connectivity index (χ1) is 12.9. The van der Waals surface area contributed by atoms with Crippen molar-refractivity contribution in [3.63, 3.8) is 0 Å². The van der Waals surface area contributed by atoms with Gasteiger partial charge < -0.3 is 4.90 Å². The number of hydrogen-bond acceptors (Lipinski definition) is 5. The number of sulfonamides is 1. The molecule has 6 nitrogen and oxygen atoms in total. The number of hydrogen-bond donors (Lipinski definition) is 0. The molecule has 0 saturated carbocycles. The number of likely N-dealkylation sites (N-methyl/N-ethyl adjacent to an activating group) is 1. The van der Waals surface area contributed by atoms with Crippen LogP contribution in [-0.2, 0) is 23.0 Å². The molecule has 0 unspecified atom stereocenters. The van der Waals surface area contributed by atoms with Crippen molar-refractivity contribution in [1.82, 2.24) is 19.2 Å². The summed E-state index contributed by atoms with van der Waals surface area (Å²) in [4.78, 5) is 11.6. The van der Waals surface area contributed by atoms with Crippen molar-refractivity contribution in [3.05, 3.63) is 53.4 Å². The number of fused-ring (bicyclic) bond motifs is 1. The van der Waals surface area contributed by atoms with Crippen LogP contribution in [0, 0.1) is 5.82 Å². The quantitative estimate of drug-likeness (QED) is 0.806. The van der Waals surface area contributed by atoms with E-state index in [1.54, 1.807) is 0 Å². The van der Waals surface area contributed by atoms with Gasteiger partial charge in [0.05, 0.1) is 10.9 Å². The fraction of sp³-hybridized carbons (Fsp3) is 0.474. The maximum atomic E-state index is 13.2. The summed E-state index contributed by atoms with van der Waals surface area (Å²) in [6, 6.07) is 4.62. The van der Waals surface area contributed by atoms with E-state index in [1.165, 1.54) is 28.6 Å². The van der Waals surface area contributed by atoms with E-state index in [0.29, 0.717) is 18.8 Å². The molecule has 1 fully saturated rings. The summed E-state index contributed by atoms with van der Waals surface area (Å²) in [5, 5.41) is 0. The Hall–Kier alpha value is -1.90. The Bertz CT molecular complexity index is 933. The molecule has 8 heteroatoms. The van der Waals surface area contributed by atoms with Gasteiger partial charge in [0.15, 0.2) is 0 Å². The van der Waals surface area contributed by atoms with Crippen molar-refractivity contribution in [3.8, 4) is 0 Å². The molecule has 1 saturated heterocycles. The summed E-state index contributed by atoms with van der Waals surface area (Å²) in [5.41, 5.74) is 2.12. The number of aromatic nitrogens is 2. The van der Waals surface area contributed by atoms with Crippen LogP contribution in [0.2, 0.25) is 0 Å². The van der Waals surface area contributed by atoms with Crippen LogP contribution in [0.15, 0.2) is 35.4 Å². The van der Waals surface area contributed by atoms with E-state index >= 15 is 0 Å². The lowest BCUT2D eigenvalue weighted by Crippen LogP contribution is -2.39. The Kier molecular flexibility index (Phi) is 4.96. The molecule has 0 bridgehead atoms. The van der Waals surface area contributed by atoms with Gasteiger partial charge in [0, 0.05) is 43.5 Å². The van der Waals surface area contributed by atoms with Crippen molar-refractivity contribution in [2.24, 2.45) is 0 Å². The molecule has 27 heavy (non-hydrogen) atoms. The number of benzene rings is 1. The highest BCUT2D eigenvalue weighted by molar-refractivity contribution is 7.89. The van der Waals surface area contributed by atoms with E-state index in [9.17, 15) is 12.8 Å². The van der Waals surface area contributed by atoms with Crippen molar-refractivity contribution in [2.75, 3.05) is 20.1 Å². The average molecular weight is 390 g/mol. The van der Waals surface area contributed by atoms with Crippen LogP contribution in [0.5, 0.6) is 0 Å². The summed E-state index contributed by atoms with van der Waals surface area (Å²) >= 11 is 0. The second-order valence-corrected chi connectivity index (χ2v) is 9.16. The topological polar surface area (TPSA) is 66.4 Å². The van der Waals surface area contributed by atoms with Crippen LogP contribution in [0.3, 0.4) is 0 Å². The van der Waals surface area contributed by atoms with Crippen LogP contribution >= 0.6 is 0 Å². The van der Waals surface area contributed by atoms with Gasteiger partial charge in [0.1, 0.15) is 11.6 Å². The summed E-state index contributed by atoms with van der Waals surface area (Å²) in [6.07, 6.45) is 5.11. The highest BCUT2D eigenvalue weighted by Gasteiger charge is 2.36. The van der Waals surface area contributed by atoms with Gasteiger partial charge in [-0.25, -0.2) is 22.8 Å². The lowest BCUT2D eigenvalue weighted by atomic mass is 10.0. The minimum atomic E-state index is -3.73. The summed E-state index contributed by atoms with van der Waals surface area (Å²) in [7, 11) is -1.66. The predicted molar refractivity (Wildman–Crippen MR) is 99.0 cm³/mol. The maximum absolute atomic E-state index is 13.2. The third-order valence-electron chi connectivity index (χ3n) is 5.32. The standard InChI is InChI=1S/C19H23FN4O2S/c1-23-11-9-17-14(13-23)12-21-19(22-17)18-4-2-3-10-24(18)27(25,26)16-7-5-15(20)6-8-16/h5-8,12,18H,2-4,9-11,13H2,1H3/t18-/m0/s1. The molecule has 1 atom stereocenters. The van der Waals surface area contributed by atoms with E-state index in [0.717, 1.165) is 43.6 Å². The molecule has 2 aromatic rings. The fourth-order valence-electron chi connectivity index (χ4n) is 3.83. The zero-order valence-electron chi connectivity index (χ0n) is 15.3. The largest absolute Gasteiger partial charge is 0.302 e. The Balaban J connectivity index is 1.68. The lowest BCUT2D eigenvalue weighted by molar-refractivity contribution is 0.244. The first-order valence-electron chi connectivity index (χ1n) is 9.26. The average Bonchev–Trinajstić information content (AvgIpc) is 2.68. The molecule has 2 aliphatic rings. The van der Waals surface area contributed by atoms with Gasteiger partial charge in [-0.1, -0.05) is 6.42 Å². The van der Waals surface area contributed by atoms with Crippen molar-refractivity contribution in [1.29, 1.82) is 0 Å². The molecule has 2 aliphatic heterocycles. The van der Waals surface area contributed by atoms with Crippen LogP contribution in [0.4, 0.5) is 4.39 Å². The Morgan fingerprint density at radius 1 is 1.15 bits per heavy atom. The van der Waals surface area contributed by atoms with Gasteiger partial charge in [-0.2, -0.15) is 4.31 Å². The number of nitrogens with zero attached hydrogens (tertiary/aromatic N) is 4. The first-order valence-corrected chi connectivity index (χ1v) is 10.7. The third-order valence-corrected chi connectivity index (χ3v) is 7.24. The number of rotatable bonds is 3. The molecular weight excluding hydrogens is 367 g/mol. The molecule has 1 aromatic carbocycles. The minimum Gasteiger partial charge on any atom is -0.302 e. The van der Waals surface area contributed by atoms with Gasteiger partial charge in [-0.15, -0.1) is 0 Å². The van der Waals surface area contributed by atoms with Crippen molar-refractivity contribution >= 4 is 10.0 Å². The molecule has 3 heterocycles. The SMILES string of the molecule is CN1CCc2nc([C@@H]3CCCCN3S(=O)(=O)c3ccc(F)cc3)ncc2C1. The van der Waals surface area contributed by atoms with E-state index in [4.69, 9.17) is 4.98 Å².